The van der Waals surface area contributed by atoms with Gasteiger partial charge in [0.25, 0.3) is 0 Å². The lowest BCUT2D eigenvalue weighted by Gasteiger charge is -2.37. The van der Waals surface area contributed by atoms with Crippen LogP contribution in [0.5, 0.6) is 0 Å². The Morgan fingerprint density at radius 1 is 0.677 bits per heavy atom. The van der Waals surface area contributed by atoms with Crippen molar-refractivity contribution < 1.29 is 14.2 Å². The third kappa shape index (κ3) is 4.82. The van der Waals surface area contributed by atoms with Gasteiger partial charge in [0.05, 0.1) is 18.1 Å². The molecule has 0 bridgehead atoms. The molecule has 15 atom stereocenters. The Balaban J connectivity index is 1.70. The number of nitrogens with two attached hydrogens (primary N) is 9. The SMILES string of the molecule is CCC1(N)OC(N)[C@H](N)[C@@H]1PCC1(N)OC(N)[C@H](N)[C@@H]1PCC1(N)OC(N)[C@H](N)[C@@H]1P. The second kappa shape index (κ2) is 9.46. The van der Waals surface area contributed by atoms with Gasteiger partial charge in [0.1, 0.15) is 35.9 Å². The molecule has 3 heterocycles. The Labute approximate surface area is 189 Å². The molecule has 3 fully saturated rings. The summed E-state index contributed by atoms with van der Waals surface area (Å²) < 4.78 is 17.5. The molecule has 0 aliphatic carbocycles. The molecule has 0 saturated carbocycles. The molecular formula is C16H40N9O3P3. The van der Waals surface area contributed by atoms with Gasteiger partial charge in [0.2, 0.25) is 0 Å². The van der Waals surface area contributed by atoms with Crippen molar-refractivity contribution in [2.24, 2.45) is 51.6 Å². The topological polar surface area (TPSA) is 262 Å². The monoisotopic (exact) mass is 499 g/mol. The minimum atomic E-state index is -1.05. The van der Waals surface area contributed by atoms with Crippen LogP contribution in [0.15, 0.2) is 0 Å². The molecule has 15 heteroatoms. The Morgan fingerprint density at radius 2 is 1.06 bits per heavy atom. The minimum absolute atomic E-state index is 0.153. The molecule has 3 saturated heterocycles. The molecule has 0 aromatic carbocycles. The van der Waals surface area contributed by atoms with Gasteiger partial charge in [-0.3, -0.25) is 0 Å². The molecule has 3 aliphatic rings. The Kier molecular flexibility index (Phi) is 8.06. The summed E-state index contributed by atoms with van der Waals surface area (Å²) in [5.41, 5.74) is 52.9. The molecule has 3 rings (SSSR count). The van der Waals surface area contributed by atoms with Crippen LogP contribution < -0.4 is 51.6 Å². The molecular weight excluding hydrogens is 459 g/mol. The number of rotatable bonds is 7. The van der Waals surface area contributed by atoms with Crippen LogP contribution in [-0.2, 0) is 14.2 Å². The molecule has 182 valence electrons. The van der Waals surface area contributed by atoms with Gasteiger partial charge in [0, 0.05) is 29.3 Å². The van der Waals surface area contributed by atoms with E-state index in [1.807, 2.05) is 6.92 Å². The minimum Gasteiger partial charge on any atom is -0.341 e. The highest BCUT2D eigenvalue weighted by atomic mass is 31.1. The van der Waals surface area contributed by atoms with E-state index in [0.717, 1.165) is 0 Å². The predicted octanol–water partition coefficient (Wildman–Crippen LogP) is -4.37. The van der Waals surface area contributed by atoms with Gasteiger partial charge in [-0.15, -0.1) is 26.4 Å². The summed E-state index contributed by atoms with van der Waals surface area (Å²) in [6.45, 7) is 1.94. The molecule has 0 aromatic heterocycles. The first-order valence-corrected chi connectivity index (χ1v) is 13.7. The molecule has 0 aromatic rings. The summed E-state index contributed by atoms with van der Waals surface area (Å²) in [6.07, 6.45) is -0.402. The van der Waals surface area contributed by atoms with Gasteiger partial charge in [-0.2, -0.15) is 0 Å². The van der Waals surface area contributed by atoms with Crippen molar-refractivity contribution in [1.29, 1.82) is 0 Å². The molecule has 12 nitrogen and oxygen atoms in total. The van der Waals surface area contributed by atoms with Crippen LogP contribution >= 0.6 is 26.4 Å². The maximum Gasteiger partial charge on any atom is 0.130 e. The molecule has 9 unspecified atom stereocenters. The van der Waals surface area contributed by atoms with E-state index in [-0.39, 0.29) is 40.2 Å². The third-order valence-corrected chi connectivity index (χ3v) is 11.9. The summed E-state index contributed by atoms with van der Waals surface area (Å²) in [5, 5.41) is 0. The average molecular weight is 499 g/mol. The van der Waals surface area contributed by atoms with E-state index in [0.29, 0.717) is 18.7 Å². The Morgan fingerprint density at radius 3 is 1.52 bits per heavy atom. The van der Waals surface area contributed by atoms with Crippen molar-refractivity contribution in [1.82, 2.24) is 0 Å². The highest BCUT2D eigenvalue weighted by Gasteiger charge is 2.55. The quantitative estimate of drug-likeness (QED) is 0.150. The highest BCUT2D eigenvalue weighted by molar-refractivity contribution is 7.40. The largest absolute Gasteiger partial charge is 0.341 e. The lowest BCUT2D eigenvalue weighted by molar-refractivity contribution is -0.0367. The zero-order valence-electron chi connectivity index (χ0n) is 17.8. The van der Waals surface area contributed by atoms with Gasteiger partial charge >= 0.3 is 0 Å². The standard InChI is InChI=1S/C16H40N9O3P3/c1-2-14(23)9(6(18)12(21)26-14)31-4-16(25)10(7(19)13(22)28-16)30-3-15(24)8(29)5(17)11(20)27-15/h5-13,30-31H,2-4,17-25,29H2,1H3/t5-,6-,7-,8+,9+,10+,11?,12?,13?,14?,15?,16?/m1/s1. The van der Waals surface area contributed by atoms with Crippen molar-refractivity contribution in [3.63, 3.8) is 0 Å². The summed E-state index contributed by atoms with van der Waals surface area (Å²) in [5.74, 6) is 0. The van der Waals surface area contributed by atoms with E-state index in [4.69, 9.17) is 65.8 Å². The van der Waals surface area contributed by atoms with Crippen LogP contribution in [0.3, 0.4) is 0 Å². The molecule has 0 amide bonds. The van der Waals surface area contributed by atoms with Gasteiger partial charge in [-0.1, -0.05) is 6.92 Å². The molecule has 0 spiro atoms. The fourth-order valence-electron chi connectivity index (χ4n) is 4.55. The van der Waals surface area contributed by atoms with Crippen LogP contribution in [0.4, 0.5) is 0 Å². The van der Waals surface area contributed by atoms with Crippen LogP contribution in [0.2, 0.25) is 0 Å². The predicted molar refractivity (Wildman–Crippen MR) is 130 cm³/mol. The number of hydrogen-bond acceptors (Lipinski definition) is 12. The molecule has 3 aliphatic heterocycles. The first kappa shape index (κ1) is 26.4. The van der Waals surface area contributed by atoms with Crippen LogP contribution in [-0.4, -0.2) is 83.3 Å². The van der Waals surface area contributed by atoms with E-state index >= 15 is 0 Å². The number of ether oxygens (including phenoxy) is 3. The van der Waals surface area contributed by atoms with Gasteiger partial charge in [-0.05, 0) is 6.42 Å². The second-order valence-corrected chi connectivity index (χ2v) is 12.4. The first-order valence-electron chi connectivity index (χ1n) is 10.4. The van der Waals surface area contributed by atoms with E-state index in [9.17, 15) is 0 Å². The van der Waals surface area contributed by atoms with Gasteiger partial charge in [0.15, 0.2) is 0 Å². The Hall–Kier alpha value is 0.810. The lowest BCUT2D eigenvalue weighted by atomic mass is 10.0. The molecule has 18 N–H and O–H groups in total. The summed E-state index contributed by atoms with van der Waals surface area (Å²) in [7, 11) is 3.12. The third-order valence-electron chi connectivity index (χ3n) is 6.76. The van der Waals surface area contributed by atoms with Crippen molar-refractivity contribution in [2.45, 2.75) is 84.3 Å². The maximum atomic E-state index is 6.73. The van der Waals surface area contributed by atoms with Crippen molar-refractivity contribution in [3.05, 3.63) is 0 Å². The fourth-order valence-corrected chi connectivity index (χ4v) is 9.17. The van der Waals surface area contributed by atoms with Gasteiger partial charge < -0.3 is 65.8 Å². The molecule has 31 heavy (non-hydrogen) atoms. The normalized spacial score (nSPS) is 56.0. The zero-order valence-corrected chi connectivity index (χ0v) is 21.0. The maximum absolute atomic E-state index is 6.73. The summed E-state index contributed by atoms with van der Waals surface area (Å²) >= 11 is 0. The second-order valence-electron chi connectivity index (χ2n) is 8.94. The fraction of sp³-hybridized carbons (Fsp3) is 1.00. The van der Waals surface area contributed by atoms with E-state index in [2.05, 4.69) is 9.24 Å². The molecule has 0 radical (unpaired) electrons. The zero-order chi connectivity index (χ0) is 23.4. The van der Waals surface area contributed by atoms with Gasteiger partial charge in [-0.25, -0.2) is 0 Å². The average Bonchev–Trinajstić information content (AvgIpc) is 3.14. The first-order chi connectivity index (χ1) is 14.3. The van der Waals surface area contributed by atoms with Crippen molar-refractivity contribution in [3.8, 4) is 0 Å². The lowest BCUT2D eigenvalue weighted by Crippen LogP contribution is -2.56. The van der Waals surface area contributed by atoms with E-state index in [1.54, 1.807) is 0 Å². The van der Waals surface area contributed by atoms with Crippen molar-refractivity contribution >= 4 is 26.4 Å². The smallest absolute Gasteiger partial charge is 0.130 e. The van der Waals surface area contributed by atoms with E-state index in [1.165, 1.54) is 0 Å². The van der Waals surface area contributed by atoms with Crippen molar-refractivity contribution in [2.75, 3.05) is 12.3 Å². The van der Waals surface area contributed by atoms with E-state index < -0.39 is 47.9 Å². The van der Waals surface area contributed by atoms with Crippen LogP contribution in [0, 0.1) is 0 Å². The Bertz CT molecular complexity index is 659. The van der Waals surface area contributed by atoms with Crippen LogP contribution in [0.1, 0.15) is 13.3 Å². The van der Waals surface area contributed by atoms with Crippen LogP contribution in [0.25, 0.3) is 0 Å². The number of hydrogen-bond donors (Lipinski definition) is 9. The highest BCUT2D eigenvalue weighted by Crippen LogP contribution is 2.47. The summed E-state index contributed by atoms with van der Waals surface area (Å²) in [4.78, 5) is 0. The summed E-state index contributed by atoms with van der Waals surface area (Å²) in [6, 6.07) is -1.22.